The number of rotatable bonds is 21. The molecule has 0 saturated carbocycles. The molecule has 9 unspecified atom stereocenters. The molecule has 2 rings (SSSR count). The molecule has 0 aromatic heterocycles. The van der Waals surface area contributed by atoms with Crippen LogP contribution < -0.4 is 0 Å². The van der Waals surface area contributed by atoms with Crippen LogP contribution >= 0.6 is 7.82 Å². The van der Waals surface area contributed by atoms with E-state index in [0.29, 0.717) is 37.4 Å². The number of hydrogen-bond donors (Lipinski definition) is 1. The van der Waals surface area contributed by atoms with E-state index in [0.717, 1.165) is 12.8 Å². The Bertz CT molecular complexity index is 934. The van der Waals surface area contributed by atoms with E-state index in [-0.39, 0.29) is 61.4 Å². The Kier molecular flexibility index (Phi) is 17.5. The Balaban J connectivity index is 2.00. The summed E-state index contributed by atoms with van der Waals surface area (Å²) in [5.74, 6) is 1.49. The molecule has 264 valence electrons. The molecular weight excluding hydrogens is 597 g/mol. The summed E-state index contributed by atoms with van der Waals surface area (Å²) in [4.78, 5) is 0. The van der Waals surface area contributed by atoms with E-state index in [1.165, 1.54) is 0 Å². The van der Waals surface area contributed by atoms with Gasteiger partial charge in [-0.2, -0.15) is 5.26 Å². The van der Waals surface area contributed by atoms with E-state index in [4.69, 9.17) is 37.8 Å². The van der Waals surface area contributed by atoms with Crippen molar-refractivity contribution in [2.75, 3.05) is 26.4 Å². The fourth-order valence-corrected chi connectivity index (χ4v) is 7.61. The van der Waals surface area contributed by atoms with Crippen LogP contribution in [0, 0.1) is 58.7 Å². The first-order valence-electron chi connectivity index (χ1n) is 17.4. The number of hydrogen-bond acceptors (Lipinski definition) is 10. The van der Waals surface area contributed by atoms with Gasteiger partial charge in [0.1, 0.15) is 6.10 Å². The van der Waals surface area contributed by atoms with Crippen molar-refractivity contribution < 1.29 is 42.2 Å². The Morgan fingerprint density at radius 1 is 0.778 bits per heavy atom. The van der Waals surface area contributed by atoms with Crippen LogP contribution in [0.25, 0.3) is 0 Å². The van der Waals surface area contributed by atoms with Crippen molar-refractivity contribution in [3.8, 4) is 6.07 Å². The highest BCUT2D eigenvalue weighted by Crippen LogP contribution is 2.54. The van der Waals surface area contributed by atoms with Gasteiger partial charge in [0, 0.05) is 11.8 Å². The van der Waals surface area contributed by atoms with Crippen LogP contribution in [0.5, 0.6) is 0 Å². The number of ether oxygens (including phenoxy) is 4. The lowest BCUT2D eigenvalue weighted by molar-refractivity contribution is -0.158. The molecule has 0 bridgehead atoms. The normalized spacial score (nSPS) is 34.0. The van der Waals surface area contributed by atoms with Gasteiger partial charge in [0.15, 0.2) is 12.6 Å². The lowest BCUT2D eigenvalue weighted by Gasteiger charge is -2.30. The molecule has 2 saturated heterocycles. The summed E-state index contributed by atoms with van der Waals surface area (Å²) in [6.45, 7) is 24.2. The monoisotopic (exact) mass is 661 g/mol. The van der Waals surface area contributed by atoms with Crippen LogP contribution in [0.1, 0.15) is 102 Å². The molecule has 2 heterocycles. The zero-order valence-corrected chi connectivity index (χ0v) is 30.7. The number of nitriles is 1. The van der Waals surface area contributed by atoms with Gasteiger partial charge in [-0.05, 0) is 48.3 Å². The summed E-state index contributed by atoms with van der Waals surface area (Å²) >= 11 is 0. The molecule has 10 nitrogen and oxygen atoms in total. The molecule has 0 aromatic carbocycles. The molecule has 45 heavy (non-hydrogen) atoms. The van der Waals surface area contributed by atoms with Crippen molar-refractivity contribution in [1.29, 1.82) is 5.26 Å². The minimum absolute atomic E-state index is 0.000266. The van der Waals surface area contributed by atoms with Crippen LogP contribution in [0.3, 0.4) is 0 Å². The average Bonchev–Trinajstić information content (AvgIpc) is 3.49. The fourth-order valence-electron chi connectivity index (χ4n) is 6.06. The summed E-state index contributed by atoms with van der Waals surface area (Å²) < 4.78 is 56.3. The summed E-state index contributed by atoms with van der Waals surface area (Å²) in [5.41, 5.74) is 0. The molecule has 0 spiro atoms. The molecule has 1 N–H and O–H groups in total. The number of nitrogens with zero attached hydrogens (tertiary/aromatic N) is 1. The summed E-state index contributed by atoms with van der Waals surface area (Å²) in [6.07, 6.45) is 0.0419. The lowest BCUT2D eigenvalue weighted by Crippen LogP contribution is -2.31. The molecule has 0 amide bonds. The third kappa shape index (κ3) is 11.5. The molecule has 0 aliphatic carbocycles. The maximum Gasteiger partial charge on any atom is 0.475 e. The van der Waals surface area contributed by atoms with Crippen molar-refractivity contribution in [1.82, 2.24) is 0 Å². The van der Waals surface area contributed by atoms with Gasteiger partial charge in [0.25, 0.3) is 0 Å². The van der Waals surface area contributed by atoms with Crippen LogP contribution in [0.4, 0.5) is 0 Å². The van der Waals surface area contributed by atoms with Gasteiger partial charge in [0.2, 0.25) is 0 Å². The number of aliphatic hydroxyl groups excluding tert-OH is 1. The topological polar surface area (TPSA) is 126 Å². The van der Waals surface area contributed by atoms with Crippen molar-refractivity contribution in [2.45, 2.75) is 139 Å². The maximum atomic E-state index is 14.0. The highest BCUT2D eigenvalue weighted by molar-refractivity contribution is 7.48. The van der Waals surface area contributed by atoms with Gasteiger partial charge in [-0.25, -0.2) is 4.57 Å². The second kappa shape index (κ2) is 19.4. The van der Waals surface area contributed by atoms with E-state index in [2.05, 4.69) is 41.5 Å². The van der Waals surface area contributed by atoms with E-state index < -0.39 is 32.6 Å². The predicted octanol–water partition coefficient (Wildman–Crippen LogP) is 7.59. The third-order valence-corrected chi connectivity index (χ3v) is 12.0. The smallest absolute Gasteiger partial charge is 0.390 e. The molecular formula is C34H64NO9P. The second-order valence-corrected chi connectivity index (χ2v) is 15.5. The molecule has 15 atom stereocenters. The highest BCUT2D eigenvalue weighted by Gasteiger charge is 2.47. The number of phosphoric acid groups is 1. The standard InChI is InChI=1S/C34H64NO9P/c1-12-21(4)25(8)22(5)18-39-34-28(11)32(30(14-3)43-34)44-45(37,40-17-15-16-35)41-20-24(7)26(9)23(6)19-38-33-27(10)31(36)29(13-2)42-33/h21-34,36H,12-15,17-20H2,1-11H3/t21?,22?,23?,24?,25?,26?,27?,28?,29-,30-,31-,32-,33-,34-,45?/m1/s1. The van der Waals surface area contributed by atoms with Crippen molar-refractivity contribution in [3.05, 3.63) is 0 Å². The first-order valence-corrected chi connectivity index (χ1v) is 18.9. The Morgan fingerprint density at radius 2 is 1.29 bits per heavy atom. The molecule has 2 fully saturated rings. The quantitative estimate of drug-likeness (QED) is 0.0971. The van der Waals surface area contributed by atoms with E-state index in [9.17, 15) is 9.67 Å². The third-order valence-electron chi connectivity index (χ3n) is 10.6. The number of phosphoric ester groups is 1. The van der Waals surface area contributed by atoms with E-state index in [1.54, 1.807) is 0 Å². The SMILES string of the molecule is CCC(C)C(C)C(C)CO[C@@H]1O[C@H](CC)[C@H](OP(=O)(OCCC#N)OCC(C)C(C)C(C)CO[C@@H]2O[C@H](CC)[C@H](O)C2C)C1C. The first kappa shape index (κ1) is 40.6. The van der Waals surface area contributed by atoms with E-state index >= 15 is 0 Å². The molecule has 2 aliphatic rings. The van der Waals surface area contributed by atoms with Crippen LogP contribution in [-0.2, 0) is 37.1 Å². The van der Waals surface area contributed by atoms with Gasteiger partial charge in [-0.3, -0.25) is 13.6 Å². The highest BCUT2D eigenvalue weighted by atomic mass is 31.2. The van der Waals surface area contributed by atoms with Crippen molar-refractivity contribution >= 4 is 7.82 Å². The molecule has 2 aliphatic heterocycles. The minimum Gasteiger partial charge on any atom is -0.390 e. The lowest BCUT2D eigenvalue weighted by atomic mass is 9.84. The predicted molar refractivity (Wildman–Crippen MR) is 174 cm³/mol. The Morgan fingerprint density at radius 3 is 1.80 bits per heavy atom. The second-order valence-electron chi connectivity index (χ2n) is 13.9. The Labute approximate surface area is 273 Å². The van der Waals surface area contributed by atoms with Crippen LogP contribution in [-0.4, -0.2) is 68.5 Å². The van der Waals surface area contributed by atoms with E-state index in [1.807, 2.05) is 40.7 Å². The minimum atomic E-state index is -4.03. The zero-order chi connectivity index (χ0) is 33.9. The van der Waals surface area contributed by atoms with Gasteiger partial charge >= 0.3 is 7.82 Å². The first-order chi connectivity index (χ1) is 21.2. The van der Waals surface area contributed by atoms with Gasteiger partial charge in [-0.1, -0.05) is 82.6 Å². The maximum absolute atomic E-state index is 14.0. The van der Waals surface area contributed by atoms with Crippen molar-refractivity contribution in [2.24, 2.45) is 47.3 Å². The molecule has 0 radical (unpaired) electrons. The fraction of sp³-hybridized carbons (Fsp3) is 0.971. The Hall–Kier alpha value is -0.600. The van der Waals surface area contributed by atoms with Gasteiger partial charge in [-0.15, -0.1) is 0 Å². The molecule has 0 aromatic rings. The summed E-state index contributed by atoms with van der Waals surface area (Å²) in [7, 11) is -4.03. The molecule has 11 heteroatoms. The van der Waals surface area contributed by atoms with Gasteiger partial charge in [0.05, 0.1) is 57.2 Å². The number of aliphatic hydroxyl groups is 1. The largest absolute Gasteiger partial charge is 0.475 e. The van der Waals surface area contributed by atoms with Crippen molar-refractivity contribution in [3.63, 3.8) is 0 Å². The van der Waals surface area contributed by atoms with Gasteiger partial charge < -0.3 is 24.1 Å². The van der Waals surface area contributed by atoms with Crippen LogP contribution in [0.15, 0.2) is 0 Å². The zero-order valence-electron chi connectivity index (χ0n) is 29.8. The summed E-state index contributed by atoms with van der Waals surface area (Å²) in [6, 6.07) is 2.02. The summed E-state index contributed by atoms with van der Waals surface area (Å²) in [5, 5.41) is 19.4. The van der Waals surface area contributed by atoms with Crippen LogP contribution in [0.2, 0.25) is 0 Å². The average molecular weight is 662 g/mol.